The van der Waals surface area contributed by atoms with Gasteiger partial charge in [0.2, 0.25) is 0 Å². The number of aliphatic hydroxyl groups is 2. The molecule has 3 heteroatoms. The van der Waals surface area contributed by atoms with Gasteiger partial charge in [0.1, 0.15) is 0 Å². The van der Waals surface area contributed by atoms with Gasteiger partial charge in [0.25, 0.3) is 0 Å². The van der Waals surface area contributed by atoms with E-state index in [0.29, 0.717) is 0 Å². The summed E-state index contributed by atoms with van der Waals surface area (Å²) in [5.41, 5.74) is 0. The molecule has 0 aromatic heterocycles. The average molecular weight is 172 g/mol. The summed E-state index contributed by atoms with van der Waals surface area (Å²) in [5.74, 6) is 0. The quantitative estimate of drug-likeness (QED) is 0.570. The van der Waals surface area contributed by atoms with Crippen molar-refractivity contribution in [3.63, 3.8) is 0 Å². The second kappa shape index (κ2) is 2.51. The zero-order chi connectivity index (χ0) is 7.90. The first kappa shape index (κ1) is 7.65. The summed E-state index contributed by atoms with van der Waals surface area (Å²) < 4.78 is -0.278. The molecule has 0 amide bonds. The minimum absolute atomic E-state index is 0.278. The molecule has 2 N–H and O–H groups in total. The van der Waals surface area contributed by atoms with E-state index in [0.717, 1.165) is 19.3 Å². The first-order valence-electron chi connectivity index (χ1n) is 3.96. The van der Waals surface area contributed by atoms with Crippen LogP contribution in [-0.2, 0) is 0 Å². The molecule has 1 spiro atoms. The summed E-state index contributed by atoms with van der Waals surface area (Å²) >= 11 is 1.59. The molecule has 11 heavy (non-hydrogen) atoms. The summed E-state index contributed by atoms with van der Waals surface area (Å²) in [6.45, 7) is 0. The molecule has 0 unspecified atom stereocenters. The van der Waals surface area contributed by atoms with Crippen LogP contribution in [0.15, 0.2) is 11.5 Å². The molecule has 2 rings (SSSR count). The van der Waals surface area contributed by atoms with Crippen molar-refractivity contribution in [2.45, 2.75) is 36.2 Å². The first-order valence-corrected chi connectivity index (χ1v) is 4.84. The normalized spacial score (nSPS) is 49.3. The van der Waals surface area contributed by atoms with Crippen LogP contribution in [0, 0.1) is 0 Å². The lowest BCUT2D eigenvalue weighted by Crippen LogP contribution is -2.41. The van der Waals surface area contributed by atoms with Gasteiger partial charge in [-0.25, -0.2) is 0 Å². The monoisotopic (exact) mass is 172 g/mol. The van der Waals surface area contributed by atoms with Crippen molar-refractivity contribution in [2.75, 3.05) is 0 Å². The van der Waals surface area contributed by atoms with E-state index >= 15 is 0 Å². The lowest BCUT2D eigenvalue weighted by Gasteiger charge is -2.29. The third-order valence-electron chi connectivity index (χ3n) is 2.66. The highest BCUT2D eigenvalue weighted by Crippen LogP contribution is 2.48. The summed E-state index contributed by atoms with van der Waals surface area (Å²) in [5, 5.41) is 21.1. The number of thioether (sulfide) groups is 1. The summed E-state index contributed by atoms with van der Waals surface area (Å²) in [7, 11) is 0. The Morgan fingerprint density at radius 1 is 1.45 bits per heavy atom. The van der Waals surface area contributed by atoms with Gasteiger partial charge in [-0.15, -0.1) is 11.8 Å². The van der Waals surface area contributed by atoms with Crippen LogP contribution < -0.4 is 0 Å². The fourth-order valence-electron chi connectivity index (χ4n) is 1.94. The van der Waals surface area contributed by atoms with Crippen molar-refractivity contribution in [3.05, 3.63) is 11.5 Å². The highest BCUT2D eigenvalue weighted by atomic mass is 32.2. The van der Waals surface area contributed by atoms with Crippen LogP contribution in [0.2, 0.25) is 0 Å². The van der Waals surface area contributed by atoms with Crippen molar-refractivity contribution in [1.82, 2.24) is 0 Å². The van der Waals surface area contributed by atoms with E-state index in [1.54, 1.807) is 17.8 Å². The van der Waals surface area contributed by atoms with Crippen molar-refractivity contribution < 1.29 is 10.2 Å². The SMILES string of the molecule is O[C@H]1C=CS[C@]12CCC[C@@H]2O. The van der Waals surface area contributed by atoms with Gasteiger partial charge in [0.15, 0.2) is 0 Å². The standard InChI is InChI=1S/C8H12O2S/c9-6-2-1-4-8(6)7(10)3-5-11-8/h3,5-7,9-10H,1-2,4H2/t6-,7-,8-/m0/s1. The van der Waals surface area contributed by atoms with E-state index in [9.17, 15) is 10.2 Å². The molecule has 2 nitrogen and oxygen atoms in total. The van der Waals surface area contributed by atoms with Gasteiger partial charge in [-0.05, 0) is 30.7 Å². The number of hydrogen-bond acceptors (Lipinski definition) is 3. The Morgan fingerprint density at radius 2 is 2.27 bits per heavy atom. The summed E-state index contributed by atoms with van der Waals surface area (Å²) in [6.07, 6.45) is 3.83. The molecule has 1 heterocycles. The molecule has 3 atom stereocenters. The smallest absolute Gasteiger partial charge is 0.0904 e. The van der Waals surface area contributed by atoms with Crippen LogP contribution in [0.1, 0.15) is 19.3 Å². The second-order valence-corrected chi connectivity index (χ2v) is 4.52. The highest BCUT2D eigenvalue weighted by Gasteiger charge is 2.49. The van der Waals surface area contributed by atoms with Crippen LogP contribution in [0.4, 0.5) is 0 Å². The van der Waals surface area contributed by atoms with E-state index < -0.39 is 6.10 Å². The Kier molecular flexibility index (Phi) is 1.74. The Bertz CT molecular complexity index is 193. The third kappa shape index (κ3) is 0.949. The first-order chi connectivity index (χ1) is 5.26. The molecule has 1 fully saturated rings. The molecule has 1 saturated carbocycles. The third-order valence-corrected chi connectivity index (χ3v) is 4.11. The van der Waals surface area contributed by atoms with Crippen LogP contribution in [0.3, 0.4) is 0 Å². The van der Waals surface area contributed by atoms with Gasteiger partial charge < -0.3 is 10.2 Å². The number of aliphatic hydroxyl groups excluding tert-OH is 2. The minimum atomic E-state index is -0.440. The van der Waals surface area contributed by atoms with Gasteiger partial charge in [-0.3, -0.25) is 0 Å². The lowest BCUT2D eigenvalue weighted by atomic mass is 9.98. The van der Waals surface area contributed by atoms with E-state index in [1.807, 2.05) is 5.41 Å². The Hall–Kier alpha value is 0.01000. The Balaban J connectivity index is 2.22. The Labute approximate surface area is 70.3 Å². The molecule has 1 aliphatic heterocycles. The predicted octanol–water partition coefficient (Wildman–Crippen LogP) is 0.891. The number of rotatable bonds is 0. The van der Waals surface area contributed by atoms with Crippen LogP contribution in [-0.4, -0.2) is 27.2 Å². The molecule has 0 aromatic carbocycles. The zero-order valence-corrected chi connectivity index (χ0v) is 7.05. The van der Waals surface area contributed by atoms with Crippen LogP contribution >= 0.6 is 11.8 Å². The molecular weight excluding hydrogens is 160 g/mol. The summed E-state index contributed by atoms with van der Waals surface area (Å²) in [4.78, 5) is 0. The molecule has 0 radical (unpaired) electrons. The molecule has 0 saturated heterocycles. The number of hydrogen-bond donors (Lipinski definition) is 2. The molecule has 62 valence electrons. The van der Waals surface area contributed by atoms with Crippen molar-refractivity contribution in [3.8, 4) is 0 Å². The van der Waals surface area contributed by atoms with E-state index in [2.05, 4.69) is 0 Å². The van der Waals surface area contributed by atoms with Gasteiger partial charge in [0.05, 0.1) is 17.0 Å². The molecule has 1 aliphatic carbocycles. The lowest BCUT2D eigenvalue weighted by molar-refractivity contribution is 0.0809. The largest absolute Gasteiger partial charge is 0.392 e. The maximum atomic E-state index is 9.63. The van der Waals surface area contributed by atoms with E-state index in [-0.39, 0.29) is 10.9 Å². The maximum Gasteiger partial charge on any atom is 0.0904 e. The van der Waals surface area contributed by atoms with E-state index in [4.69, 9.17) is 0 Å². The van der Waals surface area contributed by atoms with Crippen LogP contribution in [0.25, 0.3) is 0 Å². The summed E-state index contributed by atoms with van der Waals surface area (Å²) in [6, 6.07) is 0. The minimum Gasteiger partial charge on any atom is -0.392 e. The van der Waals surface area contributed by atoms with Crippen LogP contribution in [0.5, 0.6) is 0 Å². The highest BCUT2D eigenvalue weighted by molar-refractivity contribution is 8.03. The van der Waals surface area contributed by atoms with Crippen molar-refractivity contribution in [1.29, 1.82) is 0 Å². The molecule has 2 aliphatic rings. The Morgan fingerprint density at radius 3 is 2.73 bits per heavy atom. The van der Waals surface area contributed by atoms with Crippen molar-refractivity contribution in [2.24, 2.45) is 0 Å². The average Bonchev–Trinajstić information content (AvgIpc) is 2.48. The van der Waals surface area contributed by atoms with Gasteiger partial charge in [-0.2, -0.15) is 0 Å². The van der Waals surface area contributed by atoms with Gasteiger partial charge in [0, 0.05) is 0 Å². The topological polar surface area (TPSA) is 40.5 Å². The molecule has 0 aromatic rings. The van der Waals surface area contributed by atoms with E-state index in [1.165, 1.54) is 0 Å². The van der Waals surface area contributed by atoms with Gasteiger partial charge >= 0.3 is 0 Å². The fraction of sp³-hybridized carbons (Fsp3) is 0.750. The van der Waals surface area contributed by atoms with Crippen molar-refractivity contribution >= 4 is 11.8 Å². The molecule has 0 bridgehead atoms. The fourth-order valence-corrected chi connectivity index (χ4v) is 3.17. The second-order valence-electron chi connectivity index (χ2n) is 3.25. The maximum absolute atomic E-state index is 9.63. The zero-order valence-electron chi connectivity index (χ0n) is 6.23. The molecular formula is C8H12O2S. The predicted molar refractivity (Wildman–Crippen MR) is 45.3 cm³/mol. The van der Waals surface area contributed by atoms with Gasteiger partial charge in [-0.1, -0.05) is 0 Å².